The van der Waals surface area contributed by atoms with Crippen LogP contribution in [0.3, 0.4) is 0 Å². The minimum atomic E-state index is -1.15. The van der Waals surface area contributed by atoms with Crippen molar-refractivity contribution in [1.82, 2.24) is 4.90 Å². The van der Waals surface area contributed by atoms with Gasteiger partial charge >= 0.3 is 6.09 Å². The fourth-order valence-electron chi connectivity index (χ4n) is 1.58. The molecule has 1 amide bonds. The minimum Gasteiger partial charge on any atom is -0.444 e. The summed E-state index contributed by atoms with van der Waals surface area (Å²) in [6, 6.07) is -0.750. The predicted octanol–water partition coefficient (Wildman–Crippen LogP) is 1.33. The Morgan fingerprint density at radius 2 is 2.20 bits per heavy atom. The van der Waals surface area contributed by atoms with Gasteiger partial charge in [-0.2, -0.15) is 0 Å². The molecule has 0 saturated carbocycles. The summed E-state index contributed by atoms with van der Waals surface area (Å²) in [7, 11) is 0. The third-order valence-corrected chi connectivity index (χ3v) is 2.28. The molecule has 0 spiro atoms. The molecule has 1 fully saturated rings. The SMILES string of the molecule is CC(C)(C)OC(=O)N1CCC(F)C1CO. The van der Waals surface area contributed by atoms with Crippen LogP contribution >= 0.6 is 0 Å². The highest BCUT2D eigenvalue weighted by Gasteiger charge is 2.38. The first-order chi connectivity index (χ1) is 6.85. The first kappa shape index (κ1) is 12.2. The third-order valence-electron chi connectivity index (χ3n) is 2.28. The van der Waals surface area contributed by atoms with Crippen molar-refractivity contribution in [1.29, 1.82) is 0 Å². The fraction of sp³-hybridized carbons (Fsp3) is 0.900. The van der Waals surface area contributed by atoms with Gasteiger partial charge in [0, 0.05) is 6.54 Å². The summed E-state index contributed by atoms with van der Waals surface area (Å²) in [6.45, 7) is 5.20. The van der Waals surface area contributed by atoms with E-state index in [0.29, 0.717) is 6.54 Å². The molecule has 15 heavy (non-hydrogen) atoms. The number of halogens is 1. The summed E-state index contributed by atoms with van der Waals surface area (Å²) in [5.74, 6) is 0. The molecule has 1 heterocycles. The Hall–Kier alpha value is -0.840. The molecule has 2 unspecified atom stereocenters. The quantitative estimate of drug-likeness (QED) is 0.723. The molecule has 0 aromatic heterocycles. The molecular formula is C10H18FNO3. The monoisotopic (exact) mass is 219 g/mol. The summed E-state index contributed by atoms with van der Waals surface area (Å²) in [6.07, 6.45) is -1.44. The lowest BCUT2D eigenvalue weighted by Gasteiger charge is -2.27. The van der Waals surface area contributed by atoms with Gasteiger partial charge in [-0.1, -0.05) is 0 Å². The van der Waals surface area contributed by atoms with Crippen LogP contribution in [0, 0.1) is 0 Å². The number of likely N-dealkylation sites (tertiary alicyclic amines) is 1. The molecule has 0 bridgehead atoms. The first-order valence-corrected chi connectivity index (χ1v) is 5.09. The van der Waals surface area contributed by atoms with E-state index in [0.717, 1.165) is 0 Å². The molecule has 5 heteroatoms. The second-order valence-corrected chi connectivity index (χ2v) is 4.73. The van der Waals surface area contributed by atoms with Crippen LogP contribution < -0.4 is 0 Å². The van der Waals surface area contributed by atoms with Gasteiger partial charge in [-0.05, 0) is 27.2 Å². The van der Waals surface area contributed by atoms with Crippen molar-refractivity contribution >= 4 is 6.09 Å². The lowest BCUT2D eigenvalue weighted by atomic mass is 10.2. The maximum atomic E-state index is 13.2. The lowest BCUT2D eigenvalue weighted by molar-refractivity contribution is 0.0129. The number of carbonyl (C=O) groups excluding carboxylic acids is 1. The van der Waals surface area contributed by atoms with Crippen LogP contribution in [0.15, 0.2) is 0 Å². The summed E-state index contributed by atoms with van der Waals surface area (Å²) in [5, 5.41) is 8.96. The molecule has 4 nitrogen and oxygen atoms in total. The second-order valence-electron chi connectivity index (χ2n) is 4.73. The maximum absolute atomic E-state index is 13.2. The molecule has 1 aliphatic heterocycles. The average molecular weight is 219 g/mol. The maximum Gasteiger partial charge on any atom is 0.410 e. The molecule has 1 aliphatic rings. The van der Waals surface area contributed by atoms with Crippen LogP contribution in [-0.2, 0) is 4.74 Å². The van der Waals surface area contributed by atoms with Crippen LogP contribution in [0.4, 0.5) is 9.18 Å². The summed E-state index contributed by atoms with van der Waals surface area (Å²) >= 11 is 0. The highest BCUT2D eigenvalue weighted by Crippen LogP contribution is 2.23. The van der Waals surface area contributed by atoms with Gasteiger partial charge in [0.2, 0.25) is 0 Å². The van der Waals surface area contributed by atoms with E-state index in [1.165, 1.54) is 4.90 Å². The molecule has 0 radical (unpaired) electrons. The highest BCUT2D eigenvalue weighted by molar-refractivity contribution is 5.69. The standard InChI is InChI=1S/C10H18FNO3/c1-10(2,3)15-9(14)12-5-4-7(11)8(12)6-13/h7-8,13H,4-6H2,1-3H3. The van der Waals surface area contributed by atoms with Crippen LogP contribution in [0.2, 0.25) is 0 Å². The Morgan fingerprint density at radius 3 is 2.67 bits per heavy atom. The van der Waals surface area contributed by atoms with Crippen molar-refractivity contribution in [2.24, 2.45) is 0 Å². The Morgan fingerprint density at radius 1 is 1.60 bits per heavy atom. The van der Waals surface area contributed by atoms with Gasteiger partial charge in [0.1, 0.15) is 11.8 Å². The average Bonchev–Trinajstić information content (AvgIpc) is 2.43. The van der Waals surface area contributed by atoms with Gasteiger partial charge in [-0.15, -0.1) is 0 Å². The van der Waals surface area contributed by atoms with Gasteiger partial charge in [0.05, 0.1) is 12.6 Å². The zero-order valence-electron chi connectivity index (χ0n) is 9.36. The number of amides is 1. The summed E-state index contributed by atoms with van der Waals surface area (Å²) < 4.78 is 18.3. The third kappa shape index (κ3) is 3.06. The number of rotatable bonds is 1. The van der Waals surface area contributed by atoms with E-state index in [2.05, 4.69) is 0 Å². The smallest absolute Gasteiger partial charge is 0.410 e. The lowest BCUT2D eigenvalue weighted by Crippen LogP contribution is -2.43. The van der Waals surface area contributed by atoms with Crippen molar-refractivity contribution in [3.05, 3.63) is 0 Å². The van der Waals surface area contributed by atoms with Crippen molar-refractivity contribution < 1.29 is 19.0 Å². The molecule has 1 N–H and O–H groups in total. The highest BCUT2D eigenvalue weighted by atomic mass is 19.1. The van der Waals surface area contributed by atoms with E-state index < -0.39 is 23.9 Å². The van der Waals surface area contributed by atoms with E-state index in [9.17, 15) is 9.18 Å². The van der Waals surface area contributed by atoms with Crippen LogP contribution in [0.1, 0.15) is 27.2 Å². The molecule has 0 aromatic carbocycles. The number of hydrogen-bond donors (Lipinski definition) is 1. The van der Waals surface area contributed by atoms with Crippen molar-refractivity contribution in [2.45, 2.75) is 45.0 Å². The molecule has 88 valence electrons. The Bertz CT molecular complexity index is 239. The van der Waals surface area contributed by atoms with E-state index >= 15 is 0 Å². The molecule has 0 aromatic rings. The molecular weight excluding hydrogens is 201 g/mol. The summed E-state index contributed by atoms with van der Waals surface area (Å²) in [5.41, 5.74) is -0.592. The van der Waals surface area contributed by atoms with Gasteiger partial charge in [-0.25, -0.2) is 9.18 Å². The van der Waals surface area contributed by atoms with Crippen molar-refractivity contribution in [3.8, 4) is 0 Å². The van der Waals surface area contributed by atoms with Gasteiger partial charge in [0.15, 0.2) is 0 Å². The Kier molecular flexibility index (Phi) is 3.54. The Labute approximate surface area is 89.0 Å². The first-order valence-electron chi connectivity index (χ1n) is 5.09. The normalized spacial score (nSPS) is 26.9. The van der Waals surface area contributed by atoms with Gasteiger partial charge in [-0.3, -0.25) is 4.90 Å². The zero-order valence-corrected chi connectivity index (χ0v) is 9.36. The topological polar surface area (TPSA) is 49.8 Å². The second kappa shape index (κ2) is 4.35. The largest absolute Gasteiger partial charge is 0.444 e. The van der Waals surface area contributed by atoms with Crippen molar-refractivity contribution in [3.63, 3.8) is 0 Å². The van der Waals surface area contributed by atoms with E-state index in [4.69, 9.17) is 9.84 Å². The molecule has 1 saturated heterocycles. The molecule has 2 atom stereocenters. The van der Waals surface area contributed by atoms with Crippen LogP contribution in [-0.4, -0.2) is 47.1 Å². The number of ether oxygens (including phenoxy) is 1. The predicted molar refractivity (Wildman–Crippen MR) is 53.3 cm³/mol. The van der Waals surface area contributed by atoms with E-state index in [-0.39, 0.29) is 13.0 Å². The van der Waals surface area contributed by atoms with Gasteiger partial charge in [0.25, 0.3) is 0 Å². The van der Waals surface area contributed by atoms with Gasteiger partial charge < -0.3 is 9.84 Å². The number of nitrogens with zero attached hydrogens (tertiary/aromatic N) is 1. The minimum absolute atomic E-state index is 0.268. The Balaban J connectivity index is 2.60. The number of alkyl halides is 1. The molecule has 1 rings (SSSR count). The fourth-order valence-corrected chi connectivity index (χ4v) is 1.58. The van der Waals surface area contributed by atoms with Crippen LogP contribution in [0.5, 0.6) is 0 Å². The van der Waals surface area contributed by atoms with E-state index in [1.807, 2.05) is 0 Å². The molecule has 0 aliphatic carbocycles. The summed E-state index contributed by atoms with van der Waals surface area (Å²) in [4.78, 5) is 12.9. The van der Waals surface area contributed by atoms with Crippen LogP contribution in [0.25, 0.3) is 0 Å². The number of aliphatic hydroxyl groups excluding tert-OH is 1. The number of aliphatic hydroxyl groups is 1. The van der Waals surface area contributed by atoms with Crippen molar-refractivity contribution in [2.75, 3.05) is 13.2 Å². The zero-order chi connectivity index (χ0) is 11.6. The number of hydrogen-bond acceptors (Lipinski definition) is 3. The number of carbonyl (C=O) groups is 1. The van der Waals surface area contributed by atoms with E-state index in [1.54, 1.807) is 20.8 Å².